The minimum atomic E-state index is -5.14. The molecule has 0 amide bonds. The van der Waals surface area contributed by atoms with Crippen molar-refractivity contribution in [2.75, 3.05) is 0 Å². The summed E-state index contributed by atoms with van der Waals surface area (Å²) >= 11 is 0. The first kappa shape index (κ1) is 23.2. The number of nitrogens with zero attached hydrogens (tertiary/aromatic N) is 1. The third-order valence-electron chi connectivity index (χ3n) is 4.88. The smallest absolute Gasteiger partial charge is 0.457 e. The van der Waals surface area contributed by atoms with E-state index >= 15 is 0 Å². The fraction of sp³-hybridized carbons (Fsp3) is 0.167. The Labute approximate surface area is 191 Å². The average Bonchev–Trinajstić information content (AvgIpc) is 3.26. The standard InChI is InChI=1S/C24H19F4N3O3/c25-17-3-1-2-16(10-17)11-22(34-23(32)24(26,27)28)29-13-15-4-6-18(7-5-15)33-19-8-9-20-21(12-19)31-14-30-20/h1-10,12,14,22,29H,11,13H2,(H,30,31). The maximum Gasteiger partial charge on any atom is 0.490 e. The van der Waals surface area contributed by atoms with Crippen molar-refractivity contribution in [2.45, 2.75) is 25.4 Å². The van der Waals surface area contributed by atoms with Crippen molar-refractivity contribution in [3.63, 3.8) is 0 Å². The molecule has 176 valence electrons. The zero-order valence-electron chi connectivity index (χ0n) is 17.6. The first-order chi connectivity index (χ1) is 16.3. The van der Waals surface area contributed by atoms with E-state index in [1.807, 2.05) is 12.1 Å². The van der Waals surface area contributed by atoms with Crippen LogP contribution >= 0.6 is 0 Å². The number of aromatic amines is 1. The number of fused-ring (bicyclic) bond motifs is 1. The van der Waals surface area contributed by atoms with Crippen LogP contribution in [-0.4, -0.2) is 28.3 Å². The summed E-state index contributed by atoms with van der Waals surface area (Å²) in [5.74, 6) is -1.70. The number of rotatable bonds is 8. The highest BCUT2D eigenvalue weighted by molar-refractivity contribution is 5.76. The SMILES string of the molecule is O=C(OC(Cc1cccc(F)c1)NCc1ccc(Oc2ccc3nc[nH]c3c2)cc1)C(F)(F)F. The van der Waals surface area contributed by atoms with Crippen molar-refractivity contribution >= 4 is 17.0 Å². The summed E-state index contributed by atoms with van der Waals surface area (Å²) in [6, 6.07) is 17.6. The van der Waals surface area contributed by atoms with Crippen LogP contribution in [0.25, 0.3) is 11.0 Å². The summed E-state index contributed by atoms with van der Waals surface area (Å²) in [5.41, 5.74) is 2.73. The minimum Gasteiger partial charge on any atom is -0.457 e. The van der Waals surface area contributed by atoms with Crippen molar-refractivity contribution < 1.29 is 31.8 Å². The number of benzene rings is 3. The number of carbonyl (C=O) groups excluding carboxylic acids is 1. The van der Waals surface area contributed by atoms with Gasteiger partial charge in [0, 0.05) is 19.0 Å². The highest BCUT2D eigenvalue weighted by Crippen LogP contribution is 2.25. The van der Waals surface area contributed by atoms with E-state index in [2.05, 4.69) is 20.0 Å². The number of ether oxygens (including phenoxy) is 2. The van der Waals surface area contributed by atoms with Crippen molar-refractivity contribution in [3.8, 4) is 11.5 Å². The Balaban J connectivity index is 1.39. The second kappa shape index (κ2) is 9.92. The predicted molar refractivity (Wildman–Crippen MR) is 115 cm³/mol. The Kier molecular flexibility index (Phi) is 6.78. The number of hydrogen-bond donors (Lipinski definition) is 2. The summed E-state index contributed by atoms with van der Waals surface area (Å²) in [6.45, 7) is 0.103. The van der Waals surface area contributed by atoms with Crippen LogP contribution in [0.5, 0.6) is 11.5 Å². The highest BCUT2D eigenvalue weighted by atomic mass is 19.4. The molecule has 0 saturated carbocycles. The third kappa shape index (κ3) is 6.10. The molecule has 1 heterocycles. The van der Waals surface area contributed by atoms with Crippen LogP contribution in [0.4, 0.5) is 17.6 Å². The molecule has 3 aromatic carbocycles. The zero-order chi connectivity index (χ0) is 24.1. The van der Waals surface area contributed by atoms with E-state index < -0.39 is 24.2 Å². The van der Waals surface area contributed by atoms with E-state index in [9.17, 15) is 22.4 Å². The van der Waals surface area contributed by atoms with Gasteiger partial charge in [-0.15, -0.1) is 0 Å². The number of alkyl halides is 3. The summed E-state index contributed by atoms with van der Waals surface area (Å²) < 4.78 is 61.9. The third-order valence-corrected chi connectivity index (χ3v) is 4.88. The number of esters is 1. The molecule has 6 nitrogen and oxygen atoms in total. The van der Waals surface area contributed by atoms with Crippen LogP contribution in [-0.2, 0) is 22.5 Å². The molecule has 2 N–H and O–H groups in total. The van der Waals surface area contributed by atoms with Crippen molar-refractivity contribution in [1.29, 1.82) is 0 Å². The van der Waals surface area contributed by atoms with Gasteiger partial charge in [0.1, 0.15) is 17.3 Å². The Hall–Kier alpha value is -3.92. The Bertz CT molecular complexity index is 1270. The molecule has 10 heteroatoms. The Morgan fingerprint density at radius 3 is 2.50 bits per heavy atom. The first-order valence-corrected chi connectivity index (χ1v) is 10.2. The molecule has 0 aliphatic carbocycles. The predicted octanol–water partition coefficient (Wildman–Crippen LogP) is 5.26. The van der Waals surface area contributed by atoms with E-state index in [-0.39, 0.29) is 13.0 Å². The van der Waals surface area contributed by atoms with Gasteiger partial charge in [-0.1, -0.05) is 24.3 Å². The maximum atomic E-state index is 13.4. The molecule has 4 rings (SSSR count). The number of imidazole rings is 1. The van der Waals surface area contributed by atoms with Gasteiger partial charge in [0.15, 0.2) is 6.23 Å². The number of halogens is 4. The van der Waals surface area contributed by atoms with Crippen LogP contribution in [0.15, 0.2) is 73.1 Å². The van der Waals surface area contributed by atoms with Gasteiger partial charge in [-0.2, -0.15) is 13.2 Å². The lowest BCUT2D eigenvalue weighted by atomic mass is 10.1. The van der Waals surface area contributed by atoms with Crippen LogP contribution < -0.4 is 10.1 Å². The van der Waals surface area contributed by atoms with Gasteiger partial charge in [0.05, 0.1) is 17.4 Å². The number of aromatic nitrogens is 2. The lowest BCUT2D eigenvalue weighted by Gasteiger charge is -2.20. The van der Waals surface area contributed by atoms with E-state index in [1.54, 1.807) is 36.7 Å². The average molecular weight is 473 g/mol. The molecular weight excluding hydrogens is 454 g/mol. The van der Waals surface area contributed by atoms with E-state index in [0.717, 1.165) is 11.0 Å². The van der Waals surface area contributed by atoms with Gasteiger partial charge in [0.25, 0.3) is 0 Å². The van der Waals surface area contributed by atoms with Crippen molar-refractivity contribution in [2.24, 2.45) is 0 Å². The van der Waals surface area contributed by atoms with Crippen molar-refractivity contribution in [1.82, 2.24) is 15.3 Å². The van der Waals surface area contributed by atoms with Gasteiger partial charge in [-0.3, -0.25) is 5.32 Å². The molecule has 4 aromatic rings. The number of nitrogens with one attached hydrogen (secondary N) is 2. The molecule has 0 spiro atoms. The summed E-state index contributed by atoms with van der Waals surface area (Å²) in [5, 5.41) is 2.78. The highest BCUT2D eigenvalue weighted by Gasteiger charge is 2.42. The molecule has 34 heavy (non-hydrogen) atoms. The largest absolute Gasteiger partial charge is 0.490 e. The lowest BCUT2D eigenvalue weighted by molar-refractivity contribution is -0.206. The molecule has 0 fully saturated rings. The molecule has 1 atom stereocenters. The second-order valence-electron chi connectivity index (χ2n) is 7.43. The number of hydrogen-bond acceptors (Lipinski definition) is 5. The fourth-order valence-electron chi connectivity index (χ4n) is 3.25. The van der Waals surface area contributed by atoms with Gasteiger partial charge in [-0.05, 0) is 47.5 Å². The van der Waals surface area contributed by atoms with E-state index in [4.69, 9.17) is 4.74 Å². The molecule has 0 aliphatic heterocycles. The maximum absolute atomic E-state index is 13.4. The normalized spacial score (nSPS) is 12.5. The lowest BCUT2D eigenvalue weighted by Crippen LogP contribution is -2.39. The van der Waals surface area contributed by atoms with E-state index in [0.29, 0.717) is 22.6 Å². The monoisotopic (exact) mass is 473 g/mol. The second-order valence-corrected chi connectivity index (χ2v) is 7.43. The number of H-pyrrole nitrogens is 1. The summed E-state index contributed by atoms with van der Waals surface area (Å²) in [7, 11) is 0. The van der Waals surface area contributed by atoms with Gasteiger partial charge in [0.2, 0.25) is 0 Å². The Morgan fingerprint density at radius 2 is 1.76 bits per heavy atom. The summed E-state index contributed by atoms with van der Waals surface area (Å²) in [4.78, 5) is 18.5. The molecule has 0 radical (unpaired) electrons. The minimum absolute atomic E-state index is 0.103. The fourth-order valence-corrected chi connectivity index (χ4v) is 3.25. The number of carbonyl (C=O) groups is 1. The molecule has 0 aliphatic rings. The molecular formula is C24H19F4N3O3. The first-order valence-electron chi connectivity index (χ1n) is 10.2. The topological polar surface area (TPSA) is 76.2 Å². The molecule has 1 unspecified atom stereocenters. The quantitative estimate of drug-likeness (QED) is 0.208. The molecule has 0 bridgehead atoms. The summed E-state index contributed by atoms with van der Waals surface area (Å²) in [6.07, 6.45) is -5.01. The molecule has 1 aromatic heterocycles. The van der Waals surface area contributed by atoms with Gasteiger partial charge >= 0.3 is 12.1 Å². The van der Waals surface area contributed by atoms with E-state index in [1.165, 1.54) is 24.3 Å². The zero-order valence-corrected chi connectivity index (χ0v) is 17.6. The van der Waals surface area contributed by atoms with Crippen LogP contribution in [0.2, 0.25) is 0 Å². The van der Waals surface area contributed by atoms with Gasteiger partial charge < -0.3 is 14.5 Å². The Morgan fingerprint density at radius 1 is 1.00 bits per heavy atom. The van der Waals surface area contributed by atoms with Crippen molar-refractivity contribution in [3.05, 3.63) is 90.0 Å². The van der Waals surface area contributed by atoms with Crippen LogP contribution in [0.1, 0.15) is 11.1 Å². The van der Waals surface area contributed by atoms with Crippen LogP contribution in [0, 0.1) is 5.82 Å². The van der Waals surface area contributed by atoms with Crippen LogP contribution in [0.3, 0.4) is 0 Å². The van der Waals surface area contributed by atoms with Gasteiger partial charge in [-0.25, -0.2) is 14.2 Å². The molecule has 0 saturated heterocycles.